The van der Waals surface area contributed by atoms with Crippen LogP contribution in [0.4, 0.5) is 0 Å². The van der Waals surface area contributed by atoms with Crippen molar-refractivity contribution in [3.63, 3.8) is 0 Å². The molecule has 0 heterocycles. The van der Waals surface area contributed by atoms with E-state index < -0.39 is 0 Å². The largest absolute Gasteiger partial charge is 0.0616 e. The summed E-state index contributed by atoms with van der Waals surface area (Å²) < 4.78 is 0. The molecule has 0 aromatic heterocycles. The summed E-state index contributed by atoms with van der Waals surface area (Å²) in [5.74, 6) is 0. The number of aryl methyl sites for hydroxylation is 4. The maximum Gasteiger partial charge on any atom is -0.00130 e. The van der Waals surface area contributed by atoms with Crippen molar-refractivity contribution in [2.24, 2.45) is 0 Å². The van der Waals surface area contributed by atoms with Crippen LogP contribution < -0.4 is 0 Å². The molecule has 7 rings (SSSR count). The Morgan fingerprint density at radius 1 is 0.441 bits per heavy atom. The van der Waals surface area contributed by atoms with Gasteiger partial charge in [0.25, 0.3) is 0 Å². The smallest absolute Gasteiger partial charge is 0.00130 e. The van der Waals surface area contributed by atoms with E-state index in [1.54, 1.807) is 0 Å². The summed E-state index contributed by atoms with van der Waals surface area (Å²) >= 11 is 0. The summed E-state index contributed by atoms with van der Waals surface area (Å²) in [5, 5.41) is 2.79. The average Bonchev–Trinajstić information content (AvgIpc) is 3.35. The molecule has 34 heavy (non-hydrogen) atoms. The highest BCUT2D eigenvalue weighted by Crippen LogP contribution is 2.42. The molecule has 0 N–H and O–H groups in total. The predicted octanol–water partition coefficient (Wildman–Crippen LogP) is 8.90. The summed E-state index contributed by atoms with van der Waals surface area (Å²) in [4.78, 5) is 0. The van der Waals surface area contributed by atoms with Crippen LogP contribution in [-0.4, -0.2) is 0 Å². The first-order chi connectivity index (χ1) is 16.5. The fourth-order valence-electron chi connectivity index (χ4n) is 5.87. The lowest BCUT2D eigenvalue weighted by Gasteiger charge is -2.09. The molecule has 0 fully saturated rings. The van der Waals surface area contributed by atoms with Gasteiger partial charge in [-0.1, -0.05) is 102 Å². The van der Waals surface area contributed by atoms with Gasteiger partial charge in [-0.3, -0.25) is 0 Å². The minimum Gasteiger partial charge on any atom is -0.0616 e. The van der Waals surface area contributed by atoms with Crippen molar-refractivity contribution in [1.82, 2.24) is 0 Å². The van der Waals surface area contributed by atoms with Crippen LogP contribution in [0.3, 0.4) is 0 Å². The van der Waals surface area contributed by atoms with E-state index in [0.717, 1.165) is 12.8 Å². The van der Waals surface area contributed by atoms with Gasteiger partial charge in [-0.05, 0) is 101 Å². The zero-order valence-electron chi connectivity index (χ0n) is 20.5. The lowest BCUT2D eigenvalue weighted by atomic mass is 9.94. The van der Waals surface area contributed by atoms with E-state index in [9.17, 15) is 0 Å². The number of hydrogen-bond donors (Lipinski definition) is 0. The third kappa shape index (κ3) is 3.46. The highest BCUT2D eigenvalue weighted by molar-refractivity contribution is 6.02. The van der Waals surface area contributed by atoms with Gasteiger partial charge in [0.2, 0.25) is 0 Å². The van der Waals surface area contributed by atoms with E-state index >= 15 is 0 Å². The Hall–Kier alpha value is -3.64. The third-order valence-corrected chi connectivity index (χ3v) is 7.44. The van der Waals surface area contributed by atoms with E-state index in [2.05, 4.69) is 113 Å². The van der Waals surface area contributed by atoms with E-state index in [0.29, 0.717) is 0 Å². The molecule has 0 saturated heterocycles. The molecule has 2 aliphatic carbocycles. The molecule has 5 aromatic carbocycles. The molecular formula is C34H30. The van der Waals surface area contributed by atoms with Crippen LogP contribution in [0, 0.1) is 27.7 Å². The van der Waals surface area contributed by atoms with E-state index in [4.69, 9.17) is 0 Å². The second-order valence-corrected chi connectivity index (χ2v) is 10.1. The number of benzene rings is 5. The number of hydrogen-bond acceptors (Lipinski definition) is 0. The van der Waals surface area contributed by atoms with Crippen molar-refractivity contribution in [2.75, 3.05) is 0 Å². The highest BCUT2D eigenvalue weighted by atomic mass is 14.2. The highest BCUT2D eigenvalue weighted by Gasteiger charge is 2.21. The Morgan fingerprint density at radius 3 is 1.50 bits per heavy atom. The molecule has 0 radical (unpaired) electrons. The van der Waals surface area contributed by atoms with Gasteiger partial charge in [0, 0.05) is 0 Å². The zero-order valence-corrected chi connectivity index (χ0v) is 20.5. The Bertz CT molecular complexity index is 1530. The summed E-state index contributed by atoms with van der Waals surface area (Å²) in [5.41, 5.74) is 17.1. The minimum absolute atomic E-state index is 1.08. The fourth-order valence-corrected chi connectivity index (χ4v) is 5.87. The first-order valence-electron chi connectivity index (χ1n) is 12.3. The van der Waals surface area contributed by atoms with Crippen molar-refractivity contribution < 1.29 is 0 Å². The van der Waals surface area contributed by atoms with Gasteiger partial charge in [-0.15, -0.1) is 0 Å². The molecule has 0 spiro atoms. The molecule has 0 bridgehead atoms. The molecule has 2 aliphatic rings. The SMILES string of the molecule is Cc1ccc2c(c1)Cc1cc(C)c3ccccc3c1-2.Cc1ccc2c(c1)Cc1cc(C)ccc1-2. The Labute approximate surface area is 202 Å². The molecule has 0 amide bonds. The molecule has 0 aliphatic heterocycles. The zero-order chi connectivity index (χ0) is 23.4. The second kappa shape index (κ2) is 7.99. The van der Waals surface area contributed by atoms with Crippen LogP contribution in [0.5, 0.6) is 0 Å². The normalized spacial score (nSPS) is 12.5. The Kier molecular flexibility index (Phi) is 4.92. The van der Waals surface area contributed by atoms with Gasteiger partial charge in [0.15, 0.2) is 0 Å². The van der Waals surface area contributed by atoms with Crippen molar-refractivity contribution in [1.29, 1.82) is 0 Å². The van der Waals surface area contributed by atoms with Crippen LogP contribution in [0.2, 0.25) is 0 Å². The maximum absolute atomic E-state index is 2.37. The van der Waals surface area contributed by atoms with Crippen LogP contribution in [0.25, 0.3) is 33.0 Å². The molecule has 0 unspecified atom stereocenters. The molecular weight excluding hydrogens is 408 g/mol. The molecule has 0 heteroatoms. The first kappa shape index (κ1) is 20.9. The van der Waals surface area contributed by atoms with Gasteiger partial charge in [-0.2, -0.15) is 0 Å². The van der Waals surface area contributed by atoms with E-state index in [1.807, 2.05) is 0 Å². The number of fused-ring (bicyclic) bond motifs is 8. The third-order valence-electron chi connectivity index (χ3n) is 7.44. The summed E-state index contributed by atoms with van der Waals surface area (Å²) in [6.07, 6.45) is 2.19. The molecule has 0 atom stereocenters. The van der Waals surface area contributed by atoms with Gasteiger partial charge < -0.3 is 0 Å². The minimum atomic E-state index is 1.08. The van der Waals surface area contributed by atoms with Gasteiger partial charge in [0.1, 0.15) is 0 Å². The van der Waals surface area contributed by atoms with E-state index in [1.165, 1.54) is 77.5 Å². The summed E-state index contributed by atoms with van der Waals surface area (Å²) in [7, 11) is 0. The summed E-state index contributed by atoms with van der Waals surface area (Å²) in [6, 6.07) is 31.5. The van der Waals surface area contributed by atoms with Crippen LogP contribution in [-0.2, 0) is 12.8 Å². The molecule has 0 saturated carbocycles. The maximum atomic E-state index is 2.37. The first-order valence-corrected chi connectivity index (χ1v) is 12.3. The van der Waals surface area contributed by atoms with Gasteiger partial charge in [-0.25, -0.2) is 0 Å². The average molecular weight is 439 g/mol. The van der Waals surface area contributed by atoms with Crippen LogP contribution in [0.15, 0.2) is 84.9 Å². The Balaban J connectivity index is 0.000000132. The Morgan fingerprint density at radius 2 is 0.912 bits per heavy atom. The molecule has 166 valence electrons. The van der Waals surface area contributed by atoms with Gasteiger partial charge >= 0.3 is 0 Å². The fraction of sp³-hybridized carbons (Fsp3) is 0.176. The van der Waals surface area contributed by atoms with Crippen LogP contribution in [0.1, 0.15) is 44.5 Å². The monoisotopic (exact) mass is 438 g/mol. The lowest BCUT2D eigenvalue weighted by molar-refractivity contribution is 1.24. The van der Waals surface area contributed by atoms with Crippen molar-refractivity contribution in [2.45, 2.75) is 40.5 Å². The predicted molar refractivity (Wildman–Crippen MR) is 146 cm³/mol. The quantitative estimate of drug-likeness (QED) is 0.222. The van der Waals surface area contributed by atoms with Crippen molar-refractivity contribution in [3.8, 4) is 22.3 Å². The van der Waals surface area contributed by atoms with E-state index in [-0.39, 0.29) is 0 Å². The molecule has 5 aromatic rings. The summed E-state index contributed by atoms with van der Waals surface area (Å²) in [6.45, 7) is 8.71. The standard InChI is InChI=1S/C19H16.C15H14/c1-12-7-8-17-14(9-12)11-15-10-13(2)16-5-3-4-6-18(16)19(15)17;1-10-3-5-14-12(7-10)9-13-8-11(2)4-6-15(13)14/h3-10H,11H2,1-2H3;3-8H,9H2,1-2H3. The van der Waals surface area contributed by atoms with Crippen molar-refractivity contribution in [3.05, 3.63) is 129 Å². The van der Waals surface area contributed by atoms with Gasteiger partial charge in [0.05, 0.1) is 0 Å². The lowest BCUT2D eigenvalue weighted by Crippen LogP contribution is -1.86. The van der Waals surface area contributed by atoms with Crippen molar-refractivity contribution >= 4 is 10.8 Å². The van der Waals surface area contributed by atoms with Crippen LogP contribution >= 0.6 is 0 Å². The number of rotatable bonds is 0. The molecule has 0 nitrogen and oxygen atoms in total. The topological polar surface area (TPSA) is 0 Å². The second-order valence-electron chi connectivity index (χ2n) is 10.1.